The molecule has 0 bridgehead atoms. The first-order chi connectivity index (χ1) is 16.1. The van der Waals surface area contributed by atoms with Gasteiger partial charge < -0.3 is 21.1 Å². The van der Waals surface area contributed by atoms with E-state index in [-0.39, 0.29) is 5.82 Å². The highest BCUT2D eigenvalue weighted by Gasteiger charge is 2.47. The molecule has 5 N–H and O–H groups in total. The summed E-state index contributed by atoms with van der Waals surface area (Å²) in [5.74, 6) is 1.61. The summed E-state index contributed by atoms with van der Waals surface area (Å²) in [6, 6.07) is 8.14. The standard InChI is InChI=1S/C25H31N7O2/c1-5-20(28-13-21(26)27)16-6-8-18(9-7-16)25(4,19-10-11-19)23-30-22(34-31-23)17-12-29-32(14-17)15-24(2,3)33/h5-9,12-14,19,33H,1,10-11,15,26-27H2,2-4H3/b28-20+/t25-/m0/s1. The van der Waals surface area contributed by atoms with Crippen molar-refractivity contribution in [2.24, 2.45) is 22.4 Å². The minimum Gasteiger partial charge on any atom is -0.389 e. The van der Waals surface area contributed by atoms with E-state index >= 15 is 0 Å². The molecule has 1 atom stereocenters. The fourth-order valence-corrected chi connectivity index (χ4v) is 4.09. The second-order valence-corrected chi connectivity index (χ2v) is 9.56. The third kappa shape index (κ3) is 4.94. The van der Waals surface area contributed by atoms with Crippen LogP contribution in [0.25, 0.3) is 11.5 Å². The maximum absolute atomic E-state index is 10.0. The molecule has 34 heavy (non-hydrogen) atoms. The zero-order valence-corrected chi connectivity index (χ0v) is 19.8. The van der Waals surface area contributed by atoms with Crippen LogP contribution in [0.15, 0.2) is 70.9 Å². The van der Waals surface area contributed by atoms with Gasteiger partial charge in [-0.3, -0.25) is 9.67 Å². The molecule has 3 aromatic rings. The highest BCUT2D eigenvalue weighted by molar-refractivity contribution is 6.08. The first-order valence-corrected chi connectivity index (χ1v) is 11.2. The van der Waals surface area contributed by atoms with Gasteiger partial charge in [-0.05, 0) is 51.2 Å². The monoisotopic (exact) mass is 461 g/mol. The molecule has 2 heterocycles. The molecule has 0 spiro atoms. The summed E-state index contributed by atoms with van der Waals surface area (Å²) in [5.41, 5.74) is 13.1. The zero-order valence-electron chi connectivity index (χ0n) is 19.8. The maximum Gasteiger partial charge on any atom is 0.261 e. The Morgan fingerprint density at radius 3 is 2.56 bits per heavy atom. The van der Waals surface area contributed by atoms with Crippen molar-refractivity contribution in [2.75, 3.05) is 0 Å². The van der Waals surface area contributed by atoms with E-state index in [1.54, 1.807) is 37.0 Å². The van der Waals surface area contributed by atoms with Crippen molar-refractivity contribution in [3.8, 4) is 11.5 Å². The van der Waals surface area contributed by atoms with E-state index in [1.807, 2.05) is 12.1 Å². The fraction of sp³-hybridized carbons (Fsp3) is 0.360. The number of hydrogen-bond donors (Lipinski definition) is 3. The van der Waals surface area contributed by atoms with E-state index in [1.165, 1.54) is 6.20 Å². The average molecular weight is 462 g/mol. The van der Waals surface area contributed by atoms with Crippen molar-refractivity contribution in [2.45, 2.75) is 51.2 Å². The molecular formula is C25H31N7O2. The van der Waals surface area contributed by atoms with Crippen LogP contribution in [0, 0.1) is 5.92 Å². The van der Waals surface area contributed by atoms with Crippen molar-refractivity contribution in [3.63, 3.8) is 0 Å². The van der Waals surface area contributed by atoms with Gasteiger partial charge in [-0.1, -0.05) is 36.0 Å². The molecule has 1 aliphatic rings. The minimum absolute atomic E-state index is 0.135. The van der Waals surface area contributed by atoms with Crippen LogP contribution >= 0.6 is 0 Å². The summed E-state index contributed by atoms with van der Waals surface area (Å²) < 4.78 is 7.30. The summed E-state index contributed by atoms with van der Waals surface area (Å²) in [7, 11) is 0. The van der Waals surface area contributed by atoms with Crippen molar-refractivity contribution in [3.05, 3.63) is 78.3 Å². The van der Waals surface area contributed by atoms with Crippen LogP contribution in [0.2, 0.25) is 0 Å². The molecule has 9 nitrogen and oxygen atoms in total. The predicted molar refractivity (Wildman–Crippen MR) is 131 cm³/mol. The van der Waals surface area contributed by atoms with Gasteiger partial charge in [0, 0.05) is 11.8 Å². The molecule has 1 saturated carbocycles. The maximum atomic E-state index is 10.0. The van der Waals surface area contributed by atoms with Crippen LogP contribution in [0.4, 0.5) is 0 Å². The van der Waals surface area contributed by atoms with Crippen LogP contribution in [-0.4, -0.2) is 36.3 Å². The van der Waals surface area contributed by atoms with Crippen molar-refractivity contribution >= 4 is 5.71 Å². The Labute approximate surface area is 198 Å². The molecule has 1 aromatic carbocycles. The molecule has 0 saturated heterocycles. The summed E-state index contributed by atoms with van der Waals surface area (Å²) in [6.07, 6.45) is 8.75. The zero-order chi connectivity index (χ0) is 24.5. The average Bonchev–Trinajstić information content (AvgIpc) is 3.34. The number of benzene rings is 1. The molecule has 0 radical (unpaired) electrons. The fourth-order valence-electron chi connectivity index (χ4n) is 4.09. The Morgan fingerprint density at radius 2 is 1.97 bits per heavy atom. The van der Waals surface area contributed by atoms with Gasteiger partial charge in [0.15, 0.2) is 5.82 Å². The SMILES string of the molecule is C=C/C(=N\C=C(N)N)c1ccc([C@](C)(c2noc(-c3cnn(CC(C)(C)O)c3)n2)C2CC2)cc1. The number of nitrogens with zero attached hydrogens (tertiary/aromatic N) is 5. The largest absolute Gasteiger partial charge is 0.389 e. The Bertz CT molecular complexity index is 1220. The third-order valence-electron chi connectivity index (χ3n) is 6.04. The Balaban J connectivity index is 1.63. The molecular weight excluding hydrogens is 430 g/mol. The van der Waals surface area contributed by atoms with E-state index < -0.39 is 11.0 Å². The number of hydrogen-bond acceptors (Lipinski definition) is 8. The Hall–Kier alpha value is -3.72. The van der Waals surface area contributed by atoms with Crippen molar-refractivity contribution < 1.29 is 9.63 Å². The lowest BCUT2D eigenvalue weighted by atomic mass is 9.77. The number of aliphatic imine (C=N–C) groups is 1. The number of rotatable bonds is 9. The van der Waals surface area contributed by atoms with Crippen LogP contribution in [0.1, 0.15) is 50.6 Å². The number of allylic oxidation sites excluding steroid dienone is 1. The lowest BCUT2D eigenvalue weighted by molar-refractivity contribution is 0.0577. The first kappa shape index (κ1) is 23.4. The van der Waals surface area contributed by atoms with Crippen LogP contribution in [0.3, 0.4) is 0 Å². The molecule has 9 heteroatoms. The highest BCUT2D eigenvalue weighted by atomic mass is 16.5. The van der Waals surface area contributed by atoms with Gasteiger partial charge in [-0.2, -0.15) is 10.1 Å². The lowest BCUT2D eigenvalue weighted by Crippen LogP contribution is -2.28. The molecule has 0 amide bonds. The van der Waals surface area contributed by atoms with Gasteiger partial charge in [0.1, 0.15) is 5.82 Å². The quantitative estimate of drug-likeness (QED) is 0.416. The van der Waals surface area contributed by atoms with E-state index in [4.69, 9.17) is 21.0 Å². The van der Waals surface area contributed by atoms with Gasteiger partial charge >= 0.3 is 0 Å². The first-order valence-electron chi connectivity index (χ1n) is 11.2. The van der Waals surface area contributed by atoms with Crippen LogP contribution in [-0.2, 0) is 12.0 Å². The van der Waals surface area contributed by atoms with Gasteiger partial charge in [0.05, 0.1) is 41.2 Å². The summed E-state index contributed by atoms with van der Waals surface area (Å²) in [6.45, 7) is 9.83. The second-order valence-electron chi connectivity index (χ2n) is 9.56. The van der Waals surface area contributed by atoms with Crippen molar-refractivity contribution in [1.29, 1.82) is 0 Å². The molecule has 4 rings (SSSR count). The van der Waals surface area contributed by atoms with Gasteiger partial charge in [0.25, 0.3) is 5.89 Å². The Kier molecular flexibility index (Phi) is 6.14. The van der Waals surface area contributed by atoms with Gasteiger partial charge in [-0.15, -0.1) is 0 Å². The minimum atomic E-state index is -0.872. The van der Waals surface area contributed by atoms with Crippen LogP contribution < -0.4 is 11.5 Å². The smallest absolute Gasteiger partial charge is 0.261 e. The van der Waals surface area contributed by atoms with Crippen LogP contribution in [0.5, 0.6) is 0 Å². The van der Waals surface area contributed by atoms with E-state index in [9.17, 15) is 5.11 Å². The van der Waals surface area contributed by atoms with E-state index in [2.05, 4.69) is 40.9 Å². The van der Waals surface area contributed by atoms with Gasteiger partial charge in [0.2, 0.25) is 0 Å². The normalized spacial score (nSPS) is 16.2. The topological polar surface area (TPSA) is 141 Å². The highest BCUT2D eigenvalue weighted by Crippen LogP contribution is 2.50. The predicted octanol–water partition coefficient (Wildman–Crippen LogP) is 3.11. The molecule has 2 aromatic heterocycles. The number of nitrogens with two attached hydrogens (primary N) is 2. The summed E-state index contributed by atoms with van der Waals surface area (Å²) >= 11 is 0. The van der Waals surface area contributed by atoms with Gasteiger partial charge in [-0.25, -0.2) is 0 Å². The second kappa shape index (κ2) is 8.90. The molecule has 178 valence electrons. The molecule has 1 aliphatic carbocycles. The molecule has 0 unspecified atom stereocenters. The van der Waals surface area contributed by atoms with E-state index in [0.717, 1.165) is 29.5 Å². The summed E-state index contributed by atoms with van der Waals surface area (Å²) in [5, 5.41) is 18.7. The third-order valence-corrected chi connectivity index (χ3v) is 6.04. The molecule has 1 fully saturated rings. The number of aliphatic hydroxyl groups is 1. The molecule has 0 aliphatic heterocycles. The van der Waals surface area contributed by atoms with E-state index in [0.29, 0.717) is 29.9 Å². The lowest BCUT2D eigenvalue weighted by Gasteiger charge is -2.27. The summed E-state index contributed by atoms with van der Waals surface area (Å²) in [4.78, 5) is 9.05. The van der Waals surface area contributed by atoms with Crippen molar-refractivity contribution in [1.82, 2.24) is 19.9 Å². The number of aromatic nitrogens is 4. The Morgan fingerprint density at radius 1 is 1.26 bits per heavy atom.